The third kappa shape index (κ3) is 5.02. The summed E-state index contributed by atoms with van der Waals surface area (Å²) in [5.74, 6) is 5.82. The predicted octanol–water partition coefficient (Wildman–Crippen LogP) is 0.755. The van der Waals surface area contributed by atoms with E-state index in [4.69, 9.17) is 10.6 Å². The molecular weight excluding hydrogens is 252 g/mol. The van der Waals surface area contributed by atoms with Crippen molar-refractivity contribution in [1.82, 2.24) is 9.97 Å². The molecule has 9 nitrogen and oxygen atoms in total. The Labute approximate surface area is 110 Å². The number of hydrogen-bond acceptors (Lipinski definition) is 8. The molecule has 0 saturated carbocycles. The molecule has 106 valence electrons. The Bertz CT molecular complexity index is 426. The monoisotopic (exact) mass is 270 g/mol. The Hall–Kier alpha value is -2.00. The fraction of sp³-hybridized carbons (Fsp3) is 0.600. The maximum atomic E-state index is 10.8. The number of hydrazine groups is 1. The second-order valence-corrected chi connectivity index (χ2v) is 4.22. The third-order valence-corrected chi connectivity index (χ3v) is 2.09. The van der Waals surface area contributed by atoms with Gasteiger partial charge in [0.2, 0.25) is 11.8 Å². The van der Waals surface area contributed by atoms with Crippen LogP contribution in [0.15, 0.2) is 6.20 Å². The van der Waals surface area contributed by atoms with Crippen LogP contribution in [0.2, 0.25) is 0 Å². The molecule has 0 saturated heterocycles. The lowest BCUT2D eigenvalue weighted by molar-refractivity contribution is -0.384. The standard InChI is InChI=1S/C10H18N6O3/c1-7(2)6-19-4-3-12-9-8(16(17)18)5-13-10(14-9)15-11/h5,7H,3-4,6,11H2,1-2H3,(H2,12,13,14,15). The molecule has 0 atom stereocenters. The molecule has 0 aliphatic rings. The molecule has 4 N–H and O–H groups in total. The van der Waals surface area contributed by atoms with E-state index in [2.05, 4.69) is 20.7 Å². The molecule has 0 aliphatic carbocycles. The van der Waals surface area contributed by atoms with Crippen LogP contribution >= 0.6 is 0 Å². The van der Waals surface area contributed by atoms with Crippen molar-refractivity contribution in [3.63, 3.8) is 0 Å². The number of nitrogens with one attached hydrogen (secondary N) is 2. The summed E-state index contributed by atoms with van der Waals surface area (Å²) in [5.41, 5.74) is 2.03. The number of nitro groups is 1. The van der Waals surface area contributed by atoms with Gasteiger partial charge in [0.15, 0.2) is 0 Å². The van der Waals surface area contributed by atoms with Crippen LogP contribution in [-0.2, 0) is 4.74 Å². The third-order valence-electron chi connectivity index (χ3n) is 2.09. The molecule has 0 unspecified atom stereocenters. The smallest absolute Gasteiger partial charge is 0.329 e. The Morgan fingerprint density at radius 3 is 2.89 bits per heavy atom. The van der Waals surface area contributed by atoms with Crippen molar-refractivity contribution in [2.24, 2.45) is 11.8 Å². The Morgan fingerprint density at radius 1 is 1.58 bits per heavy atom. The van der Waals surface area contributed by atoms with Gasteiger partial charge in [0.25, 0.3) is 0 Å². The van der Waals surface area contributed by atoms with Crippen LogP contribution in [0.5, 0.6) is 0 Å². The van der Waals surface area contributed by atoms with Gasteiger partial charge < -0.3 is 10.1 Å². The molecule has 0 amide bonds. The molecule has 0 fully saturated rings. The number of nitrogens with two attached hydrogens (primary N) is 1. The van der Waals surface area contributed by atoms with Crippen molar-refractivity contribution in [3.8, 4) is 0 Å². The summed E-state index contributed by atoms with van der Waals surface area (Å²) in [6, 6.07) is 0. The van der Waals surface area contributed by atoms with Crippen LogP contribution < -0.4 is 16.6 Å². The molecule has 0 radical (unpaired) electrons. The fourth-order valence-electron chi connectivity index (χ4n) is 1.27. The molecule has 0 bridgehead atoms. The Morgan fingerprint density at radius 2 is 2.32 bits per heavy atom. The van der Waals surface area contributed by atoms with Crippen LogP contribution in [0.3, 0.4) is 0 Å². The zero-order chi connectivity index (χ0) is 14.3. The molecule has 19 heavy (non-hydrogen) atoms. The average Bonchev–Trinajstić information content (AvgIpc) is 2.37. The van der Waals surface area contributed by atoms with E-state index in [9.17, 15) is 10.1 Å². The van der Waals surface area contributed by atoms with Gasteiger partial charge in [-0.25, -0.2) is 10.8 Å². The van der Waals surface area contributed by atoms with Gasteiger partial charge >= 0.3 is 5.69 Å². The van der Waals surface area contributed by atoms with Crippen LogP contribution in [0.4, 0.5) is 17.5 Å². The van der Waals surface area contributed by atoms with Crippen LogP contribution in [0.25, 0.3) is 0 Å². The summed E-state index contributed by atoms with van der Waals surface area (Å²) in [6.45, 7) is 5.58. The second-order valence-electron chi connectivity index (χ2n) is 4.22. The number of aromatic nitrogens is 2. The summed E-state index contributed by atoms with van der Waals surface area (Å²) in [4.78, 5) is 17.8. The quantitative estimate of drug-likeness (QED) is 0.273. The molecule has 0 aliphatic heterocycles. The first-order valence-corrected chi connectivity index (χ1v) is 5.84. The molecule has 1 aromatic heterocycles. The minimum atomic E-state index is -0.558. The highest BCUT2D eigenvalue weighted by atomic mass is 16.6. The number of ether oxygens (including phenoxy) is 1. The highest BCUT2D eigenvalue weighted by Crippen LogP contribution is 2.21. The van der Waals surface area contributed by atoms with Gasteiger partial charge in [-0.05, 0) is 5.92 Å². The Balaban J connectivity index is 2.57. The average molecular weight is 270 g/mol. The fourth-order valence-corrected chi connectivity index (χ4v) is 1.27. The van der Waals surface area contributed by atoms with E-state index in [1.807, 2.05) is 13.8 Å². The van der Waals surface area contributed by atoms with E-state index in [1.165, 1.54) is 0 Å². The van der Waals surface area contributed by atoms with Gasteiger partial charge in [-0.2, -0.15) is 4.98 Å². The SMILES string of the molecule is CC(C)COCCNc1nc(NN)ncc1[N+](=O)[O-]. The van der Waals surface area contributed by atoms with Crippen molar-refractivity contribution in [3.05, 3.63) is 16.3 Å². The summed E-state index contributed by atoms with van der Waals surface area (Å²) in [5, 5.41) is 13.6. The van der Waals surface area contributed by atoms with Crippen molar-refractivity contribution in [2.45, 2.75) is 13.8 Å². The largest absolute Gasteiger partial charge is 0.379 e. The molecule has 1 heterocycles. The molecule has 0 spiro atoms. The summed E-state index contributed by atoms with van der Waals surface area (Å²) >= 11 is 0. The summed E-state index contributed by atoms with van der Waals surface area (Å²) in [6.07, 6.45) is 1.10. The first kappa shape index (κ1) is 15.1. The van der Waals surface area contributed by atoms with Crippen molar-refractivity contribution in [2.75, 3.05) is 30.5 Å². The second kappa shape index (κ2) is 7.44. The van der Waals surface area contributed by atoms with E-state index < -0.39 is 4.92 Å². The normalized spacial score (nSPS) is 10.5. The minimum Gasteiger partial charge on any atom is -0.379 e. The zero-order valence-electron chi connectivity index (χ0n) is 10.9. The topological polar surface area (TPSA) is 128 Å². The lowest BCUT2D eigenvalue weighted by atomic mass is 10.2. The summed E-state index contributed by atoms with van der Waals surface area (Å²) in [7, 11) is 0. The van der Waals surface area contributed by atoms with E-state index in [0.29, 0.717) is 25.7 Å². The molecule has 1 aromatic rings. The van der Waals surface area contributed by atoms with E-state index in [1.54, 1.807) is 0 Å². The van der Waals surface area contributed by atoms with Gasteiger partial charge in [-0.3, -0.25) is 15.5 Å². The lowest BCUT2D eigenvalue weighted by Crippen LogP contribution is -2.16. The predicted molar refractivity (Wildman–Crippen MR) is 70.6 cm³/mol. The van der Waals surface area contributed by atoms with Crippen LogP contribution in [-0.4, -0.2) is 34.6 Å². The van der Waals surface area contributed by atoms with E-state index in [0.717, 1.165) is 6.20 Å². The first-order valence-electron chi connectivity index (χ1n) is 5.84. The van der Waals surface area contributed by atoms with Crippen LogP contribution in [0, 0.1) is 16.0 Å². The Kier molecular flexibility index (Phi) is 5.90. The van der Waals surface area contributed by atoms with E-state index in [-0.39, 0.29) is 17.5 Å². The van der Waals surface area contributed by atoms with Crippen molar-refractivity contribution in [1.29, 1.82) is 0 Å². The molecular formula is C10H18N6O3. The van der Waals surface area contributed by atoms with Crippen LogP contribution in [0.1, 0.15) is 13.8 Å². The van der Waals surface area contributed by atoms with Gasteiger partial charge in [0, 0.05) is 13.2 Å². The lowest BCUT2D eigenvalue weighted by Gasteiger charge is -2.09. The highest BCUT2D eigenvalue weighted by Gasteiger charge is 2.16. The highest BCUT2D eigenvalue weighted by molar-refractivity contribution is 5.56. The number of hydrogen-bond donors (Lipinski definition) is 3. The van der Waals surface area contributed by atoms with Gasteiger partial charge in [0.1, 0.15) is 6.20 Å². The first-order chi connectivity index (χ1) is 9.04. The maximum Gasteiger partial charge on any atom is 0.329 e. The number of nitrogen functional groups attached to an aromatic ring is 1. The minimum absolute atomic E-state index is 0.108. The molecule has 0 aromatic carbocycles. The number of nitrogens with zero attached hydrogens (tertiary/aromatic N) is 3. The van der Waals surface area contributed by atoms with Gasteiger partial charge in [-0.1, -0.05) is 13.8 Å². The molecule has 1 rings (SSSR count). The zero-order valence-corrected chi connectivity index (χ0v) is 10.9. The number of anilines is 2. The van der Waals surface area contributed by atoms with Gasteiger partial charge in [-0.15, -0.1) is 0 Å². The molecule has 9 heteroatoms. The van der Waals surface area contributed by atoms with Gasteiger partial charge in [0.05, 0.1) is 11.5 Å². The summed E-state index contributed by atoms with van der Waals surface area (Å²) < 4.78 is 5.36. The van der Waals surface area contributed by atoms with E-state index >= 15 is 0 Å². The van der Waals surface area contributed by atoms with Crippen molar-refractivity contribution < 1.29 is 9.66 Å². The maximum absolute atomic E-state index is 10.8. The number of rotatable bonds is 8. The van der Waals surface area contributed by atoms with Crippen molar-refractivity contribution >= 4 is 17.5 Å².